The third-order valence-electron chi connectivity index (χ3n) is 1.30. The van der Waals surface area contributed by atoms with Crippen molar-refractivity contribution in [3.05, 3.63) is 22.8 Å². The second kappa shape index (κ2) is 3.95. The molecule has 0 fully saturated rings. The summed E-state index contributed by atoms with van der Waals surface area (Å²) >= 11 is 7.38. The fourth-order valence-electron chi connectivity index (χ4n) is 0.721. The normalized spacial score (nSPS) is 10.1. The second-order valence-electron chi connectivity index (χ2n) is 1.99. The van der Waals surface area contributed by atoms with Gasteiger partial charge in [0.1, 0.15) is 0 Å². The van der Waals surface area contributed by atoms with E-state index in [0.717, 1.165) is 10.7 Å². The van der Waals surface area contributed by atoms with E-state index in [1.807, 2.05) is 18.4 Å². The number of nitrogens with two attached hydrogens (primary N) is 1. The molecule has 1 aromatic heterocycles. The SMILES string of the molecule is CSc1ccc(Cl)c(CN)n1. The average Bonchev–Trinajstić information content (AvgIpc) is 2.05. The number of aromatic nitrogens is 1. The summed E-state index contributed by atoms with van der Waals surface area (Å²) in [6, 6.07) is 3.70. The van der Waals surface area contributed by atoms with Crippen LogP contribution in [0.3, 0.4) is 0 Å². The summed E-state index contributed by atoms with van der Waals surface area (Å²) in [4.78, 5) is 4.22. The Balaban J connectivity index is 3.02. The number of hydrogen-bond acceptors (Lipinski definition) is 3. The van der Waals surface area contributed by atoms with Gasteiger partial charge in [-0.2, -0.15) is 0 Å². The highest BCUT2D eigenvalue weighted by molar-refractivity contribution is 7.98. The molecule has 2 N–H and O–H groups in total. The van der Waals surface area contributed by atoms with Gasteiger partial charge in [-0.3, -0.25) is 0 Å². The highest BCUT2D eigenvalue weighted by atomic mass is 35.5. The molecule has 60 valence electrons. The lowest BCUT2D eigenvalue weighted by atomic mass is 10.3. The van der Waals surface area contributed by atoms with Gasteiger partial charge >= 0.3 is 0 Å². The summed E-state index contributed by atoms with van der Waals surface area (Å²) in [6.07, 6.45) is 1.97. The van der Waals surface area contributed by atoms with Crippen molar-refractivity contribution in [1.29, 1.82) is 0 Å². The van der Waals surface area contributed by atoms with Gasteiger partial charge in [0.15, 0.2) is 0 Å². The van der Waals surface area contributed by atoms with E-state index in [1.165, 1.54) is 0 Å². The van der Waals surface area contributed by atoms with E-state index in [4.69, 9.17) is 17.3 Å². The Labute approximate surface area is 75.1 Å². The van der Waals surface area contributed by atoms with Crippen LogP contribution in [0.15, 0.2) is 17.2 Å². The van der Waals surface area contributed by atoms with Crippen molar-refractivity contribution >= 4 is 23.4 Å². The molecule has 0 aliphatic carbocycles. The van der Waals surface area contributed by atoms with Crippen LogP contribution in [0.25, 0.3) is 0 Å². The zero-order valence-corrected chi connectivity index (χ0v) is 7.75. The van der Waals surface area contributed by atoms with Crippen LogP contribution < -0.4 is 5.73 Å². The lowest BCUT2D eigenvalue weighted by Gasteiger charge is -2.01. The molecule has 0 unspecified atom stereocenters. The molecule has 0 aliphatic rings. The van der Waals surface area contributed by atoms with Gasteiger partial charge in [0.2, 0.25) is 0 Å². The molecule has 0 saturated carbocycles. The molecule has 0 saturated heterocycles. The molecule has 0 aromatic carbocycles. The van der Waals surface area contributed by atoms with Crippen molar-refractivity contribution in [2.45, 2.75) is 11.6 Å². The molecular weight excluding hydrogens is 180 g/mol. The third kappa shape index (κ3) is 2.09. The minimum absolute atomic E-state index is 0.396. The van der Waals surface area contributed by atoms with Gasteiger partial charge in [-0.15, -0.1) is 11.8 Å². The van der Waals surface area contributed by atoms with Gasteiger partial charge < -0.3 is 5.73 Å². The lowest BCUT2D eigenvalue weighted by molar-refractivity contribution is 0.943. The Morgan fingerprint density at radius 2 is 2.36 bits per heavy atom. The minimum Gasteiger partial charge on any atom is -0.325 e. The maximum atomic E-state index is 5.80. The molecule has 2 nitrogen and oxygen atoms in total. The summed E-state index contributed by atoms with van der Waals surface area (Å²) < 4.78 is 0. The quantitative estimate of drug-likeness (QED) is 0.721. The number of hydrogen-bond donors (Lipinski definition) is 1. The van der Waals surface area contributed by atoms with E-state index >= 15 is 0 Å². The Kier molecular flexibility index (Phi) is 3.17. The second-order valence-corrected chi connectivity index (χ2v) is 3.22. The van der Waals surface area contributed by atoms with Crippen LogP contribution in [-0.4, -0.2) is 11.2 Å². The predicted molar refractivity (Wildman–Crippen MR) is 48.9 cm³/mol. The smallest absolute Gasteiger partial charge is 0.0962 e. The molecule has 0 atom stereocenters. The number of pyridine rings is 1. The van der Waals surface area contributed by atoms with E-state index in [9.17, 15) is 0 Å². The molecule has 0 bridgehead atoms. The van der Waals surface area contributed by atoms with Crippen LogP contribution in [-0.2, 0) is 6.54 Å². The molecule has 0 amide bonds. The highest BCUT2D eigenvalue weighted by Gasteiger charge is 2.00. The van der Waals surface area contributed by atoms with E-state index in [0.29, 0.717) is 11.6 Å². The number of nitrogens with zero attached hydrogens (tertiary/aromatic N) is 1. The molecule has 11 heavy (non-hydrogen) atoms. The summed E-state index contributed by atoms with van der Waals surface area (Å²) in [7, 11) is 0. The standard InChI is InChI=1S/C7H9ClN2S/c1-11-7-3-2-5(8)6(4-9)10-7/h2-3H,4,9H2,1H3. The molecular formula is C7H9ClN2S. The van der Waals surface area contributed by atoms with Crippen molar-refractivity contribution in [3.8, 4) is 0 Å². The number of halogens is 1. The first-order valence-electron chi connectivity index (χ1n) is 3.17. The van der Waals surface area contributed by atoms with Gasteiger partial charge in [-0.25, -0.2) is 4.98 Å². The van der Waals surface area contributed by atoms with Gasteiger partial charge in [0.25, 0.3) is 0 Å². The van der Waals surface area contributed by atoms with E-state index in [1.54, 1.807) is 11.8 Å². The summed E-state index contributed by atoms with van der Waals surface area (Å²) in [6.45, 7) is 0.396. The number of rotatable bonds is 2. The summed E-state index contributed by atoms with van der Waals surface area (Å²) in [5.74, 6) is 0. The molecule has 0 radical (unpaired) electrons. The summed E-state index contributed by atoms with van der Waals surface area (Å²) in [5.41, 5.74) is 6.18. The Morgan fingerprint density at radius 3 is 2.91 bits per heavy atom. The first-order chi connectivity index (χ1) is 5.27. The third-order valence-corrected chi connectivity index (χ3v) is 2.29. The highest BCUT2D eigenvalue weighted by Crippen LogP contribution is 2.18. The predicted octanol–water partition coefficient (Wildman–Crippen LogP) is 1.92. The van der Waals surface area contributed by atoms with Gasteiger partial charge in [0.05, 0.1) is 15.7 Å². The topological polar surface area (TPSA) is 38.9 Å². The Morgan fingerprint density at radius 1 is 1.64 bits per heavy atom. The van der Waals surface area contributed by atoms with Crippen LogP contribution in [0, 0.1) is 0 Å². The minimum atomic E-state index is 0.396. The van der Waals surface area contributed by atoms with Crippen molar-refractivity contribution in [3.63, 3.8) is 0 Å². The Bertz CT molecular complexity index is 252. The van der Waals surface area contributed by atoms with Crippen LogP contribution in [0.5, 0.6) is 0 Å². The van der Waals surface area contributed by atoms with Gasteiger partial charge in [-0.05, 0) is 18.4 Å². The van der Waals surface area contributed by atoms with Crippen LogP contribution in [0.4, 0.5) is 0 Å². The lowest BCUT2D eigenvalue weighted by Crippen LogP contribution is -2.00. The van der Waals surface area contributed by atoms with Crippen LogP contribution >= 0.6 is 23.4 Å². The maximum absolute atomic E-state index is 5.80. The first kappa shape index (κ1) is 8.84. The van der Waals surface area contributed by atoms with Crippen LogP contribution in [0.2, 0.25) is 5.02 Å². The van der Waals surface area contributed by atoms with Crippen molar-refractivity contribution in [1.82, 2.24) is 4.98 Å². The molecule has 0 aliphatic heterocycles. The van der Waals surface area contributed by atoms with Crippen molar-refractivity contribution in [2.75, 3.05) is 6.26 Å². The first-order valence-corrected chi connectivity index (χ1v) is 4.77. The monoisotopic (exact) mass is 188 g/mol. The van der Waals surface area contributed by atoms with Crippen LogP contribution in [0.1, 0.15) is 5.69 Å². The van der Waals surface area contributed by atoms with E-state index in [2.05, 4.69) is 4.98 Å². The molecule has 4 heteroatoms. The Hall–Kier alpha value is -0.250. The van der Waals surface area contributed by atoms with E-state index < -0.39 is 0 Å². The van der Waals surface area contributed by atoms with E-state index in [-0.39, 0.29) is 0 Å². The largest absolute Gasteiger partial charge is 0.325 e. The molecule has 1 heterocycles. The molecule has 1 rings (SSSR count). The molecule has 1 aromatic rings. The van der Waals surface area contributed by atoms with Crippen molar-refractivity contribution in [2.24, 2.45) is 5.73 Å². The zero-order chi connectivity index (χ0) is 8.27. The van der Waals surface area contributed by atoms with Gasteiger partial charge in [-0.1, -0.05) is 11.6 Å². The summed E-state index contributed by atoms with van der Waals surface area (Å²) in [5, 5.41) is 1.60. The number of thioether (sulfide) groups is 1. The zero-order valence-electron chi connectivity index (χ0n) is 6.17. The fourth-order valence-corrected chi connectivity index (χ4v) is 1.31. The van der Waals surface area contributed by atoms with Crippen molar-refractivity contribution < 1.29 is 0 Å². The molecule has 0 spiro atoms. The average molecular weight is 189 g/mol. The maximum Gasteiger partial charge on any atom is 0.0962 e. The fraction of sp³-hybridized carbons (Fsp3) is 0.286. The van der Waals surface area contributed by atoms with Gasteiger partial charge in [0, 0.05) is 6.54 Å².